The molecule has 0 aromatic carbocycles. The van der Waals surface area contributed by atoms with E-state index in [4.69, 9.17) is 4.74 Å². The van der Waals surface area contributed by atoms with Crippen LogP contribution < -0.4 is 4.72 Å². The minimum Gasteiger partial charge on any atom is -0.381 e. The second kappa shape index (κ2) is 7.08. The Hall–Kier alpha value is -0.960. The molecule has 1 unspecified atom stereocenters. The van der Waals surface area contributed by atoms with Gasteiger partial charge in [-0.3, -0.25) is 0 Å². The summed E-state index contributed by atoms with van der Waals surface area (Å²) in [6.07, 6.45) is 5.12. The van der Waals surface area contributed by atoms with Gasteiger partial charge in [0.05, 0.1) is 12.1 Å². The number of nitrogens with zero attached hydrogens (tertiary/aromatic N) is 3. The zero-order valence-corrected chi connectivity index (χ0v) is 14.5. The summed E-state index contributed by atoms with van der Waals surface area (Å²) in [6.45, 7) is 4.94. The van der Waals surface area contributed by atoms with Crippen molar-refractivity contribution in [1.29, 1.82) is 0 Å². The number of imidazole rings is 1. The molecule has 8 heteroatoms. The van der Waals surface area contributed by atoms with Gasteiger partial charge in [-0.1, -0.05) is 13.8 Å². The first-order valence-electron chi connectivity index (χ1n) is 7.62. The number of methoxy groups -OCH3 is 1. The minimum atomic E-state index is -3.53. The zero-order valence-electron chi connectivity index (χ0n) is 13.7. The van der Waals surface area contributed by atoms with E-state index >= 15 is 0 Å². The molecule has 0 amide bonds. The van der Waals surface area contributed by atoms with Gasteiger partial charge in [0.1, 0.15) is 5.82 Å². The summed E-state index contributed by atoms with van der Waals surface area (Å²) in [6, 6.07) is -0.342. The van der Waals surface area contributed by atoms with Gasteiger partial charge in [0.25, 0.3) is 10.2 Å². The molecule has 2 rings (SSSR count). The van der Waals surface area contributed by atoms with Crippen LogP contribution in [0.2, 0.25) is 0 Å². The highest BCUT2D eigenvalue weighted by atomic mass is 32.2. The van der Waals surface area contributed by atoms with Crippen LogP contribution in [0.1, 0.15) is 38.6 Å². The van der Waals surface area contributed by atoms with Gasteiger partial charge < -0.3 is 9.30 Å². The van der Waals surface area contributed by atoms with Crippen LogP contribution in [-0.2, 0) is 22.0 Å². The van der Waals surface area contributed by atoms with Crippen molar-refractivity contribution in [3.8, 4) is 0 Å². The molecule has 0 radical (unpaired) electrons. The Morgan fingerprint density at radius 3 is 2.45 bits per heavy atom. The maximum Gasteiger partial charge on any atom is 0.280 e. The van der Waals surface area contributed by atoms with Crippen molar-refractivity contribution < 1.29 is 13.2 Å². The molecule has 7 nitrogen and oxygen atoms in total. The lowest BCUT2D eigenvalue weighted by atomic mass is 10.1. The largest absolute Gasteiger partial charge is 0.381 e. The average Bonchev–Trinajstić information content (AvgIpc) is 2.90. The van der Waals surface area contributed by atoms with E-state index in [0.29, 0.717) is 13.1 Å². The third kappa shape index (κ3) is 3.87. The van der Waals surface area contributed by atoms with E-state index in [1.807, 2.05) is 31.7 Å². The first kappa shape index (κ1) is 17.4. The molecule has 0 saturated carbocycles. The molecular weight excluding hydrogens is 304 g/mol. The highest BCUT2D eigenvalue weighted by molar-refractivity contribution is 7.87. The van der Waals surface area contributed by atoms with E-state index in [0.717, 1.165) is 18.7 Å². The number of rotatable bonds is 6. The lowest BCUT2D eigenvalue weighted by Gasteiger charge is -2.32. The molecule has 1 aromatic rings. The van der Waals surface area contributed by atoms with Gasteiger partial charge in [0, 0.05) is 39.6 Å². The van der Waals surface area contributed by atoms with E-state index in [1.54, 1.807) is 13.3 Å². The fraction of sp³-hybridized carbons (Fsp3) is 0.786. The van der Waals surface area contributed by atoms with Crippen LogP contribution in [0.15, 0.2) is 12.4 Å². The van der Waals surface area contributed by atoms with E-state index in [9.17, 15) is 8.42 Å². The number of ether oxygens (including phenoxy) is 1. The smallest absolute Gasteiger partial charge is 0.280 e. The number of piperidine rings is 1. The number of hydrogen-bond acceptors (Lipinski definition) is 4. The summed E-state index contributed by atoms with van der Waals surface area (Å²) >= 11 is 0. The van der Waals surface area contributed by atoms with Crippen LogP contribution in [-0.4, -0.2) is 48.6 Å². The zero-order chi connectivity index (χ0) is 16.3. The van der Waals surface area contributed by atoms with Gasteiger partial charge in [-0.2, -0.15) is 17.4 Å². The van der Waals surface area contributed by atoms with Crippen LogP contribution in [0.5, 0.6) is 0 Å². The summed E-state index contributed by atoms with van der Waals surface area (Å²) in [5, 5.41) is 0. The monoisotopic (exact) mass is 330 g/mol. The fourth-order valence-corrected chi connectivity index (χ4v) is 4.25. The summed E-state index contributed by atoms with van der Waals surface area (Å²) in [7, 11) is 0.0131. The third-order valence-electron chi connectivity index (χ3n) is 4.15. The normalized spacial score (nSPS) is 19.7. The Morgan fingerprint density at radius 2 is 2.00 bits per heavy atom. The summed E-state index contributed by atoms with van der Waals surface area (Å²) in [5.74, 6) is 0.831. The van der Waals surface area contributed by atoms with Crippen molar-refractivity contribution in [3.63, 3.8) is 0 Å². The molecule has 22 heavy (non-hydrogen) atoms. The lowest BCUT2D eigenvalue weighted by molar-refractivity contribution is 0.0600. The molecular formula is C14H26N4O3S. The first-order valence-corrected chi connectivity index (χ1v) is 9.06. The first-order chi connectivity index (χ1) is 10.3. The molecule has 1 aliphatic rings. The van der Waals surface area contributed by atoms with E-state index in [1.165, 1.54) is 4.31 Å². The van der Waals surface area contributed by atoms with E-state index in [-0.39, 0.29) is 18.1 Å². The summed E-state index contributed by atoms with van der Waals surface area (Å²) < 4.78 is 36.7. The Morgan fingerprint density at radius 1 is 1.36 bits per heavy atom. The van der Waals surface area contributed by atoms with Crippen LogP contribution in [0.4, 0.5) is 0 Å². The van der Waals surface area contributed by atoms with Crippen molar-refractivity contribution in [2.75, 3.05) is 20.2 Å². The van der Waals surface area contributed by atoms with Gasteiger partial charge in [0.2, 0.25) is 0 Å². The molecule has 1 aliphatic heterocycles. The van der Waals surface area contributed by atoms with Crippen LogP contribution in [0.3, 0.4) is 0 Å². The molecule has 0 bridgehead atoms. The van der Waals surface area contributed by atoms with Crippen LogP contribution in [0.25, 0.3) is 0 Å². The molecule has 1 N–H and O–H groups in total. The highest BCUT2D eigenvalue weighted by Gasteiger charge is 2.32. The van der Waals surface area contributed by atoms with Crippen molar-refractivity contribution in [1.82, 2.24) is 18.6 Å². The van der Waals surface area contributed by atoms with Gasteiger partial charge in [0.15, 0.2) is 0 Å². The Kier molecular flexibility index (Phi) is 5.60. The lowest BCUT2D eigenvalue weighted by Crippen LogP contribution is -2.48. The molecule has 1 fully saturated rings. The molecule has 1 aromatic heterocycles. The van der Waals surface area contributed by atoms with Crippen molar-refractivity contribution in [3.05, 3.63) is 18.2 Å². The van der Waals surface area contributed by atoms with E-state index in [2.05, 4.69) is 9.71 Å². The minimum absolute atomic E-state index is 0.104. The SMILES string of the molecule is COC1CCN(S(=O)(=O)NC(c2nccn2C)C(C)C)CC1. The Labute approximate surface area is 132 Å². The Bertz CT molecular complexity index is 577. The Balaban J connectivity index is 2.11. The molecule has 1 saturated heterocycles. The fourth-order valence-electron chi connectivity index (χ4n) is 2.71. The van der Waals surface area contributed by atoms with Crippen molar-refractivity contribution in [2.45, 2.75) is 38.8 Å². The second-order valence-corrected chi connectivity index (χ2v) is 7.78. The van der Waals surface area contributed by atoms with Gasteiger partial charge in [-0.05, 0) is 18.8 Å². The predicted octanol–water partition coefficient (Wildman–Crippen LogP) is 1.06. The molecule has 1 atom stereocenters. The van der Waals surface area contributed by atoms with Gasteiger partial charge in [-0.25, -0.2) is 4.98 Å². The maximum atomic E-state index is 12.6. The quantitative estimate of drug-likeness (QED) is 0.846. The van der Waals surface area contributed by atoms with Crippen LogP contribution >= 0.6 is 0 Å². The van der Waals surface area contributed by atoms with Gasteiger partial charge >= 0.3 is 0 Å². The van der Waals surface area contributed by atoms with E-state index < -0.39 is 10.2 Å². The average molecular weight is 330 g/mol. The maximum absolute atomic E-state index is 12.6. The predicted molar refractivity (Wildman–Crippen MR) is 84.4 cm³/mol. The molecule has 0 aliphatic carbocycles. The summed E-state index contributed by atoms with van der Waals surface area (Å²) in [4.78, 5) is 4.29. The summed E-state index contributed by atoms with van der Waals surface area (Å²) in [5.41, 5.74) is 0. The number of aryl methyl sites for hydroxylation is 1. The van der Waals surface area contributed by atoms with Gasteiger partial charge in [-0.15, -0.1) is 0 Å². The standard InChI is InChI=1S/C14H26N4O3S/c1-11(2)13(14-15-7-10-17(14)3)16-22(19,20)18-8-5-12(21-4)6-9-18/h7,10-13,16H,5-6,8-9H2,1-4H3. The highest BCUT2D eigenvalue weighted by Crippen LogP contribution is 2.23. The molecule has 0 spiro atoms. The van der Waals surface area contributed by atoms with Crippen molar-refractivity contribution in [2.24, 2.45) is 13.0 Å². The molecule has 2 heterocycles. The number of aromatic nitrogens is 2. The van der Waals surface area contributed by atoms with Crippen LogP contribution in [0, 0.1) is 5.92 Å². The molecule has 126 valence electrons. The second-order valence-electron chi connectivity index (χ2n) is 6.08. The topological polar surface area (TPSA) is 76.5 Å². The third-order valence-corrected chi connectivity index (χ3v) is 5.75. The number of hydrogen-bond donors (Lipinski definition) is 1. The number of nitrogens with one attached hydrogen (secondary N) is 1. The van der Waals surface area contributed by atoms with Crippen molar-refractivity contribution >= 4 is 10.2 Å².